The van der Waals surface area contributed by atoms with Crippen molar-refractivity contribution >= 4 is 18.1 Å². The van der Waals surface area contributed by atoms with Gasteiger partial charge in [-0.1, -0.05) is 31.6 Å². The molecule has 0 spiro atoms. The lowest BCUT2D eigenvalue weighted by Gasteiger charge is -2.28. The van der Waals surface area contributed by atoms with E-state index in [1.165, 1.54) is 12.1 Å². The van der Waals surface area contributed by atoms with E-state index in [4.69, 9.17) is 0 Å². The minimum atomic E-state index is -0.646. The third-order valence-corrected chi connectivity index (χ3v) is 5.54. The highest BCUT2D eigenvalue weighted by Crippen LogP contribution is 2.18. The van der Waals surface area contributed by atoms with Gasteiger partial charge in [0.25, 0.3) is 5.91 Å². The third-order valence-electron chi connectivity index (χ3n) is 5.54. The Morgan fingerprint density at radius 2 is 1.93 bits per heavy atom. The van der Waals surface area contributed by atoms with Crippen molar-refractivity contribution in [2.24, 2.45) is 0 Å². The van der Waals surface area contributed by atoms with Gasteiger partial charge in [0, 0.05) is 24.0 Å². The number of allylic oxidation sites excluding steroid dienone is 2. The van der Waals surface area contributed by atoms with Crippen LogP contribution in [-0.4, -0.2) is 27.7 Å². The van der Waals surface area contributed by atoms with E-state index in [1.54, 1.807) is 10.8 Å². The second kappa shape index (κ2) is 9.39. The number of rotatable bonds is 5. The van der Waals surface area contributed by atoms with E-state index < -0.39 is 17.7 Å². The van der Waals surface area contributed by atoms with Crippen LogP contribution in [0.3, 0.4) is 0 Å². The van der Waals surface area contributed by atoms with Gasteiger partial charge < -0.3 is 15.0 Å². The summed E-state index contributed by atoms with van der Waals surface area (Å²) in [6.45, 7) is 8.09. The highest BCUT2D eigenvalue weighted by Gasteiger charge is 2.25. The number of nitrogens with one attached hydrogen (secondary N) is 1. The highest BCUT2D eigenvalue weighted by molar-refractivity contribution is 5.94. The van der Waals surface area contributed by atoms with Crippen LogP contribution in [0, 0.1) is 11.6 Å². The normalized spacial score (nSPS) is 20.4. The molecule has 3 rings (SSSR count). The summed E-state index contributed by atoms with van der Waals surface area (Å²) in [6, 6.07) is 3.10. The molecule has 2 aromatic rings. The molecule has 4 nitrogen and oxygen atoms in total. The van der Waals surface area contributed by atoms with Gasteiger partial charge in [0.2, 0.25) is 0 Å². The summed E-state index contributed by atoms with van der Waals surface area (Å²) in [6.07, 6.45) is 8.22. The first-order valence-corrected chi connectivity index (χ1v) is 10.3. The van der Waals surface area contributed by atoms with Crippen LogP contribution in [0.15, 0.2) is 36.5 Å². The Hall–Kier alpha value is -2.73. The fourth-order valence-electron chi connectivity index (χ4n) is 4.14. The first-order chi connectivity index (χ1) is 14.3. The second-order valence-electron chi connectivity index (χ2n) is 7.89. The molecular formula is C24H28F2N2O2. The van der Waals surface area contributed by atoms with E-state index in [2.05, 4.69) is 11.9 Å². The molecule has 1 unspecified atom stereocenters. The van der Waals surface area contributed by atoms with Gasteiger partial charge in [0.15, 0.2) is 0 Å². The number of halogens is 2. The Morgan fingerprint density at radius 3 is 2.57 bits per heavy atom. The number of aliphatic hydroxyl groups is 1. The van der Waals surface area contributed by atoms with Crippen molar-refractivity contribution in [2.45, 2.75) is 58.2 Å². The lowest BCUT2D eigenvalue weighted by atomic mass is 9.92. The number of hydrogen-bond acceptors (Lipinski definition) is 2. The molecule has 160 valence electrons. The molecule has 1 aliphatic rings. The largest absolute Gasteiger partial charge is 0.391 e. The number of hydrogen-bond donors (Lipinski definition) is 2. The SMILES string of the molecule is C=c1c(C(=O)N[C@H]2CCCCC2O)cn(Cc2cc(F)cc(F)c2)/c1=C(C)/C=C\C. The van der Waals surface area contributed by atoms with Crippen molar-refractivity contribution in [1.29, 1.82) is 0 Å². The predicted molar refractivity (Wildman–Crippen MR) is 114 cm³/mol. The van der Waals surface area contributed by atoms with E-state index in [-0.39, 0.29) is 18.5 Å². The average Bonchev–Trinajstić information content (AvgIpc) is 2.99. The molecule has 2 N–H and O–H groups in total. The molecule has 1 fully saturated rings. The molecule has 30 heavy (non-hydrogen) atoms. The number of benzene rings is 1. The molecule has 1 saturated carbocycles. The van der Waals surface area contributed by atoms with Crippen LogP contribution in [0.25, 0.3) is 12.2 Å². The Morgan fingerprint density at radius 1 is 1.27 bits per heavy atom. The average molecular weight is 414 g/mol. The Labute approximate surface area is 175 Å². The topological polar surface area (TPSA) is 54.3 Å². The van der Waals surface area contributed by atoms with Gasteiger partial charge in [-0.2, -0.15) is 0 Å². The smallest absolute Gasteiger partial charge is 0.253 e. The number of amides is 1. The van der Waals surface area contributed by atoms with Gasteiger partial charge in [-0.15, -0.1) is 0 Å². The van der Waals surface area contributed by atoms with Crippen LogP contribution in [-0.2, 0) is 6.54 Å². The molecule has 1 aromatic carbocycles. The van der Waals surface area contributed by atoms with E-state index in [1.807, 2.05) is 26.0 Å². The fraction of sp³-hybridized carbons (Fsp3) is 0.375. The van der Waals surface area contributed by atoms with Gasteiger partial charge in [-0.25, -0.2) is 8.78 Å². The first kappa shape index (κ1) is 22.0. The summed E-state index contributed by atoms with van der Waals surface area (Å²) in [5.74, 6) is -1.59. The molecule has 0 bridgehead atoms. The minimum Gasteiger partial charge on any atom is -0.391 e. The van der Waals surface area contributed by atoms with Crippen LogP contribution in [0.4, 0.5) is 8.78 Å². The highest BCUT2D eigenvalue weighted by atomic mass is 19.1. The maximum atomic E-state index is 13.7. The summed E-state index contributed by atoms with van der Waals surface area (Å²) in [5, 5.41) is 14.4. The molecule has 1 aromatic heterocycles. The Kier molecular flexibility index (Phi) is 6.87. The van der Waals surface area contributed by atoms with Gasteiger partial charge in [-0.05, 0) is 50.0 Å². The third kappa shape index (κ3) is 4.87. The Bertz CT molecular complexity index is 1050. The zero-order chi connectivity index (χ0) is 21.8. The van der Waals surface area contributed by atoms with Crippen LogP contribution in [0.1, 0.15) is 55.5 Å². The van der Waals surface area contributed by atoms with E-state index in [0.717, 1.165) is 36.3 Å². The summed E-state index contributed by atoms with van der Waals surface area (Å²) < 4.78 is 29.1. The number of carbonyl (C=O) groups excluding carboxylic acids is 1. The second-order valence-corrected chi connectivity index (χ2v) is 7.89. The number of nitrogens with zero attached hydrogens (tertiary/aromatic N) is 1. The quantitative estimate of drug-likeness (QED) is 0.790. The molecule has 1 amide bonds. The molecule has 0 aliphatic heterocycles. The maximum Gasteiger partial charge on any atom is 0.253 e. The van der Waals surface area contributed by atoms with Crippen molar-refractivity contribution < 1.29 is 18.7 Å². The summed E-state index contributed by atoms with van der Waals surface area (Å²) >= 11 is 0. The molecule has 0 radical (unpaired) electrons. The lowest BCUT2D eigenvalue weighted by molar-refractivity contribution is 0.0716. The summed E-state index contributed by atoms with van der Waals surface area (Å²) in [7, 11) is 0. The fourth-order valence-corrected chi connectivity index (χ4v) is 4.14. The zero-order valence-corrected chi connectivity index (χ0v) is 17.4. The summed E-state index contributed by atoms with van der Waals surface area (Å²) in [5.41, 5.74) is 1.73. The number of aliphatic hydroxyl groups excluding tert-OH is 1. The van der Waals surface area contributed by atoms with Crippen LogP contribution in [0.2, 0.25) is 0 Å². The standard InChI is InChI=1S/C24H28F2N2O2/c1-4-7-15(2)23-16(3)20(24(30)27-21-8-5-6-9-22(21)29)14-28(23)13-17-10-18(25)12-19(26)11-17/h4,7,10-12,14,21-22,29H,3,5-6,8-9,13H2,1-2H3,(H,27,30)/b7-4-,23-15+/t21-,22?/m0/s1. The lowest BCUT2D eigenvalue weighted by Crippen LogP contribution is -2.46. The van der Waals surface area contributed by atoms with E-state index in [0.29, 0.717) is 22.8 Å². The molecular weight excluding hydrogens is 386 g/mol. The van der Waals surface area contributed by atoms with Crippen molar-refractivity contribution in [3.8, 4) is 0 Å². The van der Waals surface area contributed by atoms with Gasteiger partial charge in [-0.3, -0.25) is 4.79 Å². The van der Waals surface area contributed by atoms with Crippen molar-refractivity contribution in [3.05, 3.63) is 69.9 Å². The van der Waals surface area contributed by atoms with Crippen molar-refractivity contribution in [3.63, 3.8) is 0 Å². The van der Waals surface area contributed by atoms with E-state index >= 15 is 0 Å². The monoisotopic (exact) mass is 414 g/mol. The Balaban J connectivity index is 2.01. The van der Waals surface area contributed by atoms with Crippen LogP contribution >= 0.6 is 0 Å². The maximum absolute atomic E-state index is 13.7. The number of aromatic nitrogens is 1. The zero-order valence-electron chi connectivity index (χ0n) is 17.4. The predicted octanol–water partition coefficient (Wildman–Crippen LogP) is 3.00. The van der Waals surface area contributed by atoms with E-state index in [9.17, 15) is 18.7 Å². The van der Waals surface area contributed by atoms with Crippen LogP contribution < -0.4 is 15.9 Å². The van der Waals surface area contributed by atoms with Gasteiger partial charge >= 0.3 is 0 Å². The van der Waals surface area contributed by atoms with Gasteiger partial charge in [0.05, 0.1) is 23.1 Å². The molecule has 1 heterocycles. The van der Waals surface area contributed by atoms with Crippen LogP contribution in [0.5, 0.6) is 0 Å². The minimum absolute atomic E-state index is 0.195. The molecule has 1 aliphatic carbocycles. The van der Waals surface area contributed by atoms with Gasteiger partial charge in [0.1, 0.15) is 11.6 Å². The molecule has 6 heteroatoms. The van der Waals surface area contributed by atoms with Crippen molar-refractivity contribution in [1.82, 2.24) is 9.88 Å². The first-order valence-electron chi connectivity index (χ1n) is 10.3. The number of carbonyl (C=O) groups is 1. The summed E-state index contributed by atoms with van der Waals surface area (Å²) in [4.78, 5) is 13.0. The molecule has 0 saturated heterocycles. The molecule has 2 atom stereocenters. The van der Waals surface area contributed by atoms with Crippen molar-refractivity contribution in [2.75, 3.05) is 0 Å².